The molecule has 0 aliphatic heterocycles. The molecule has 2 aromatic heterocycles. The third-order valence-corrected chi connectivity index (χ3v) is 6.14. The first kappa shape index (κ1) is 26.8. The number of rotatable bonds is 12. The minimum atomic E-state index is -0.304. The summed E-state index contributed by atoms with van der Waals surface area (Å²) in [5.41, 5.74) is 3.08. The Balaban J connectivity index is 1.25. The maximum atomic E-state index is 13.5. The summed E-state index contributed by atoms with van der Waals surface area (Å²) < 4.78 is 25.2. The number of aromatic nitrogens is 2. The van der Waals surface area contributed by atoms with E-state index in [2.05, 4.69) is 20.2 Å². The molecule has 5 rings (SSSR count). The van der Waals surface area contributed by atoms with Gasteiger partial charge in [-0.1, -0.05) is 48.5 Å². The Kier molecular flexibility index (Phi) is 8.91. The lowest BCUT2D eigenvalue weighted by atomic mass is 10.1. The smallest absolute Gasteiger partial charge is 0.273 e. The van der Waals surface area contributed by atoms with Gasteiger partial charge in [-0.15, -0.1) is 0 Å². The summed E-state index contributed by atoms with van der Waals surface area (Å²) in [4.78, 5) is 23.4. The van der Waals surface area contributed by atoms with Crippen molar-refractivity contribution >= 4 is 5.91 Å². The Hall–Kier alpha value is -4.82. The highest BCUT2D eigenvalue weighted by atomic mass is 19.1. The van der Waals surface area contributed by atoms with Gasteiger partial charge in [-0.25, -0.2) is 9.37 Å². The van der Waals surface area contributed by atoms with Gasteiger partial charge >= 0.3 is 0 Å². The number of carbonyl (C=O) groups is 1. The molecule has 0 saturated carbocycles. The van der Waals surface area contributed by atoms with Crippen molar-refractivity contribution < 1.29 is 18.3 Å². The fourth-order valence-electron chi connectivity index (χ4n) is 4.23. The Morgan fingerprint density at radius 1 is 0.850 bits per heavy atom. The van der Waals surface area contributed by atoms with Gasteiger partial charge in [0.25, 0.3) is 5.91 Å². The molecule has 40 heavy (non-hydrogen) atoms. The average molecular weight is 537 g/mol. The molecule has 3 aromatic carbocycles. The van der Waals surface area contributed by atoms with Crippen LogP contribution in [0, 0.1) is 5.82 Å². The van der Waals surface area contributed by atoms with Gasteiger partial charge in [0, 0.05) is 37.9 Å². The number of nitrogens with zero attached hydrogens (tertiary/aromatic N) is 3. The Bertz CT molecular complexity index is 1510. The summed E-state index contributed by atoms with van der Waals surface area (Å²) in [6.07, 6.45) is 3.72. The van der Waals surface area contributed by atoms with Crippen molar-refractivity contribution in [2.75, 3.05) is 6.54 Å². The van der Waals surface area contributed by atoms with Gasteiger partial charge < -0.3 is 14.5 Å². The number of pyridine rings is 1. The summed E-state index contributed by atoms with van der Waals surface area (Å²) in [7, 11) is 0. The van der Waals surface area contributed by atoms with E-state index in [9.17, 15) is 9.18 Å². The normalized spacial score (nSPS) is 10.9. The first-order chi connectivity index (χ1) is 19.6. The van der Waals surface area contributed by atoms with E-state index in [4.69, 9.17) is 9.15 Å². The van der Waals surface area contributed by atoms with Crippen LogP contribution in [-0.2, 0) is 26.1 Å². The average Bonchev–Trinajstić information content (AvgIpc) is 3.44. The lowest BCUT2D eigenvalue weighted by Gasteiger charge is -2.21. The van der Waals surface area contributed by atoms with Gasteiger partial charge in [0.15, 0.2) is 5.69 Å². The largest absolute Gasteiger partial charge is 0.457 e. The van der Waals surface area contributed by atoms with Crippen LogP contribution >= 0.6 is 0 Å². The van der Waals surface area contributed by atoms with Crippen molar-refractivity contribution in [2.45, 2.75) is 26.1 Å². The van der Waals surface area contributed by atoms with E-state index < -0.39 is 0 Å². The van der Waals surface area contributed by atoms with Gasteiger partial charge in [-0.05, 0) is 59.7 Å². The van der Waals surface area contributed by atoms with Crippen molar-refractivity contribution in [2.24, 2.45) is 0 Å². The standard InChI is InChI=1S/C32H29FN4O3/c33-26-14-12-24(13-15-26)20-37(21-25-7-6-11-29(19-25)40-28-9-2-1-3-10-28)22-31-36-30(23-39-31)32(38)35-18-16-27-8-4-5-17-34-27/h1-15,17,19,23H,16,18,20-22H2,(H,35,38). The monoisotopic (exact) mass is 536 g/mol. The first-order valence-electron chi connectivity index (χ1n) is 13.0. The van der Waals surface area contributed by atoms with Crippen molar-refractivity contribution in [3.05, 3.63) is 144 Å². The molecule has 0 spiro atoms. The predicted octanol–water partition coefficient (Wildman–Crippen LogP) is 6.18. The molecule has 0 bridgehead atoms. The highest BCUT2D eigenvalue weighted by Crippen LogP contribution is 2.23. The maximum Gasteiger partial charge on any atom is 0.273 e. The van der Waals surface area contributed by atoms with Gasteiger partial charge in [0.2, 0.25) is 5.89 Å². The molecule has 7 nitrogen and oxygen atoms in total. The Morgan fingerprint density at radius 2 is 1.62 bits per heavy atom. The molecule has 1 N–H and O–H groups in total. The number of benzene rings is 3. The third-order valence-electron chi connectivity index (χ3n) is 6.14. The van der Waals surface area contributed by atoms with E-state index in [0.717, 1.165) is 28.3 Å². The van der Waals surface area contributed by atoms with E-state index in [1.165, 1.54) is 18.4 Å². The fraction of sp³-hybridized carbons (Fsp3) is 0.156. The second kappa shape index (κ2) is 13.3. The minimum absolute atomic E-state index is 0.219. The quantitative estimate of drug-likeness (QED) is 0.205. The minimum Gasteiger partial charge on any atom is -0.457 e. The summed E-state index contributed by atoms with van der Waals surface area (Å²) >= 11 is 0. The van der Waals surface area contributed by atoms with Crippen LogP contribution in [0.1, 0.15) is 33.2 Å². The highest BCUT2D eigenvalue weighted by molar-refractivity contribution is 5.91. The summed E-state index contributed by atoms with van der Waals surface area (Å²) in [5, 5.41) is 2.86. The van der Waals surface area contributed by atoms with E-state index in [0.29, 0.717) is 38.5 Å². The van der Waals surface area contributed by atoms with Crippen molar-refractivity contribution in [1.29, 1.82) is 0 Å². The Morgan fingerprint density at radius 3 is 2.42 bits per heavy atom. The molecule has 2 heterocycles. The van der Waals surface area contributed by atoms with Crippen LogP contribution < -0.4 is 10.1 Å². The Labute approximate surface area is 232 Å². The zero-order valence-corrected chi connectivity index (χ0v) is 21.9. The SMILES string of the molecule is O=C(NCCc1ccccn1)c1coc(CN(Cc2ccc(F)cc2)Cc2cccc(Oc3ccccc3)c2)n1. The summed E-state index contributed by atoms with van der Waals surface area (Å²) in [6.45, 7) is 1.87. The molecule has 1 amide bonds. The lowest BCUT2D eigenvalue weighted by molar-refractivity contribution is 0.0949. The van der Waals surface area contributed by atoms with Crippen LogP contribution in [0.25, 0.3) is 0 Å². The van der Waals surface area contributed by atoms with Crippen LogP contribution in [-0.4, -0.2) is 27.3 Å². The number of oxazole rings is 1. The van der Waals surface area contributed by atoms with Gasteiger partial charge in [-0.3, -0.25) is 14.7 Å². The number of para-hydroxylation sites is 1. The van der Waals surface area contributed by atoms with E-state index >= 15 is 0 Å². The number of hydrogen-bond acceptors (Lipinski definition) is 6. The molecule has 8 heteroatoms. The zero-order valence-electron chi connectivity index (χ0n) is 21.9. The van der Waals surface area contributed by atoms with E-state index in [1.807, 2.05) is 72.8 Å². The topological polar surface area (TPSA) is 80.5 Å². The van der Waals surface area contributed by atoms with Crippen LogP contribution in [0.15, 0.2) is 114 Å². The second-order valence-electron chi connectivity index (χ2n) is 9.29. The summed E-state index contributed by atoms with van der Waals surface area (Å²) in [5.74, 6) is 1.31. The number of hydrogen-bond donors (Lipinski definition) is 1. The molecular formula is C32H29FN4O3. The number of carbonyl (C=O) groups excluding carboxylic acids is 1. The fourth-order valence-corrected chi connectivity index (χ4v) is 4.23. The molecule has 0 aliphatic carbocycles. The molecule has 0 atom stereocenters. The highest BCUT2D eigenvalue weighted by Gasteiger charge is 2.16. The number of amides is 1. The molecule has 5 aromatic rings. The van der Waals surface area contributed by atoms with Crippen molar-refractivity contribution in [1.82, 2.24) is 20.2 Å². The lowest BCUT2D eigenvalue weighted by Crippen LogP contribution is -2.26. The zero-order chi connectivity index (χ0) is 27.6. The molecule has 0 aliphatic rings. The van der Waals surface area contributed by atoms with Crippen LogP contribution in [0.2, 0.25) is 0 Å². The second-order valence-corrected chi connectivity index (χ2v) is 9.29. The van der Waals surface area contributed by atoms with Gasteiger partial charge in [0.05, 0.1) is 6.54 Å². The maximum absolute atomic E-state index is 13.5. The molecular weight excluding hydrogens is 507 g/mol. The number of nitrogens with one attached hydrogen (secondary N) is 1. The molecule has 0 unspecified atom stereocenters. The number of ether oxygens (including phenoxy) is 1. The van der Waals surface area contributed by atoms with Crippen LogP contribution in [0.3, 0.4) is 0 Å². The predicted molar refractivity (Wildman–Crippen MR) is 149 cm³/mol. The molecule has 202 valence electrons. The van der Waals surface area contributed by atoms with Crippen molar-refractivity contribution in [3.63, 3.8) is 0 Å². The van der Waals surface area contributed by atoms with Crippen LogP contribution in [0.5, 0.6) is 11.5 Å². The van der Waals surface area contributed by atoms with Gasteiger partial charge in [-0.2, -0.15) is 0 Å². The molecule has 0 fully saturated rings. The van der Waals surface area contributed by atoms with Crippen LogP contribution in [0.4, 0.5) is 4.39 Å². The molecule has 0 saturated heterocycles. The first-order valence-corrected chi connectivity index (χ1v) is 13.0. The van der Waals surface area contributed by atoms with Crippen molar-refractivity contribution in [3.8, 4) is 11.5 Å². The van der Waals surface area contributed by atoms with Gasteiger partial charge in [0.1, 0.15) is 23.6 Å². The van der Waals surface area contributed by atoms with E-state index in [-0.39, 0.29) is 17.4 Å². The van der Waals surface area contributed by atoms with E-state index in [1.54, 1.807) is 18.3 Å². The summed E-state index contributed by atoms with van der Waals surface area (Å²) in [6, 6.07) is 29.6. The molecule has 0 radical (unpaired) electrons. The third kappa shape index (κ3) is 7.85. The number of halogens is 1.